The van der Waals surface area contributed by atoms with Gasteiger partial charge < -0.3 is 55.8 Å². The van der Waals surface area contributed by atoms with E-state index >= 15 is 0 Å². The lowest BCUT2D eigenvalue weighted by atomic mass is 9.73. The predicted molar refractivity (Wildman–Crippen MR) is 293 cm³/mol. The molecule has 18 nitrogen and oxygen atoms in total. The van der Waals surface area contributed by atoms with Gasteiger partial charge >= 0.3 is 12.2 Å². The number of nitrogens with two attached hydrogens (primary N) is 2. The number of amides is 2. The molecule has 4 aromatic heterocycles. The molecule has 2 spiro atoms. The zero-order valence-electron chi connectivity index (χ0n) is 41.2. The van der Waals surface area contributed by atoms with Crippen LogP contribution in [0, 0.1) is 15.3 Å². The van der Waals surface area contributed by atoms with Gasteiger partial charge in [-0.1, -0.05) is 70.4 Å². The predicted octanol–water partition coefficient (Wildman–Crippen LogP) is 11.0. The van der Waals surface area contributed by atoms with Gasteiger partial charge in [0, 0.05) is 54.3 Å². The number of hydrogen-bond acceptors (Lipinski definition) is 17. The Bertz CT molecular complexity index is 2580. The van der Waals surface area contributed by atoms with Gasteiger partial charge in [-0.2, -0.15) is 0 Å². The molecular formula is C46H62BrCl5N12O6S2. The molecule has 0 aromatic carbocycles. The zero-order chi connectivity index (χ0) is 52.1. The van der Waals surface area contributed by atoms with Gasteiger partial charge in [0.2, 0.25) is 0 Å². The number of halogens is 6. The van der Waals surface area contributed by atoms with Crippen LogP contribution in [0.1, 0.15) is 81.1 Å². The van der Waals surface area contributed by atoms with E-state index in [-0.39, 0.29) is 53.3 Å². The molecule has 72 heavy (non-hydrogen) atoms. The molecule has 2 amide bonds. The number of rotatable bonds is 6. The average Bonchev–Trinajstić information content (AvgIpc) is 3.74. The molecule has 396 valence electrons. The fourth-order valence-corrected chi connectivity index (χ4v) is 11.1. The first kappa shape index (κ1) is 59.5. The maximum absolute atomic E-state index is 12.5. The molecule has 8 heterocycles. The summed E-state index contributed by atoms with van der Waals surface area (Å²) in [5.41, 5.74) is 9.79. The minimum atomic E-state index is -0.557. The van der Waals surface area contributed by atoms with E-state index < -0.39 is 23.4 Å². The Kier molecular flexibility index (Phi) is 20.6. The van der Waals surface area contributed by atoms with Crippen molar-refractivity contribution in [1.29, 1.82) is 0 Å². The molecule has 0 aliphatic carbocycles. The molecule has 4 fully saturated rings. The van der Waals surface area contributed by atoms with Crippen LogP contribution < -0.4 is 31.9 Å². The molecule has 0 unspecified atom stereocenters. The highest BCUT2D eigenvalue weighted by molar-refractivity contribution is 9.10. The van der Waals surface area contributed by atoms with Gasteiger partial charge in [0.05, 0.1) is 64.5 Å². The summed E-state index contributed by atoms with van der Waals surface area (Å²) in [6.45, 7) is 19.3. The summed E-state index contributed by atoms with van der Waals surface area (Å²) < 4.78 is 24.0. The molecule has 4 aromatic rings. The van der Waals surface area contributed by atoms with E-state index in [0.29, 0.717) is 65.2 Å². The van der Waals surface area contributed by atoms with Crippen LogP contribution in [0.2, 0.25) is 20.4 Å². The molecule has 8 rings (SSSR count). The minimum Gasteiger partial charge on any atom is -0.444 e. The van der Waals surface area contributed by atoms with Crippen molar-refractivity contribution in [2.45, 2.75) is 126 Å². The highest BCUT2D eigenvalue weighted by atomic mass is 79.9. The number of H-pyrrole nitrogens is 1. The van der Waals surface area contributed by atoms with Crippen molar-refractivity contribution in [1.82, 2.24) is 40.5 Å². The summed E-state index contributed by atoms with van der Waals surface area (Å²) in [7, 11) is 0. The molecule has 7 N–H and O–H groups in total. The van der Waals surface area contributed by atoms with Crippen LogP contribution in [0.4, 0.5) is 32.9 Å². The molecule has 4 aliphatic rings. The summed E-state index contributed by atoms with van der Waals surface area (Å²) in [6, 6.07) is 3.25. The van der Waals surface area contributed by atoms with Gasteiger partial charge in [-0.25, -0.2) is 34.5 Å². The average molecular weight is 1200 g/mol. The maximum Gasteiger partial charge on any atom is 0.407 e. The second-order valence-electron chi connectivity index (χ2n) is 19.8. The van der Waals surface area contributed by atoms with E-state index in [1.54, 1.807) is 36.9 Å². The monoisotopic (exact) mass is 1200 g/mol. The summed E-state index contributed by atoms with van der Waals surface area (Å²) >= 11 is 34.1. The number of aromatic nitrogens is 6. The highest BCUT2D eigenvalue weighted by Gasteiger charge is 2.52. The van der Waals surface area contributed by atoms with Crippen LogP contribution in [-0.2, 0) is 18.9 Å². The maximum atomic E-state index is 12.5. The van der Waals surface area contributed by atoms with E-state index in [1.807, 2.05) is 55.4 Å². The van der Waals surface area contributed by atoms with Crippen molar-refractivity contribution in [2.24, 2.45) is 10.8 Å². The third-order valence-corrected chi connectivity index (χ3v) is 15.6. The molecule has 4 aliphatic heterocycles. The Balaban J connectivity index is 0.000000230. The standard InChI is InChI=1S/C23H30Cl2N6O3S.C18H26BrClN4O3.C5H5ClN2S.ClH/c1-13-17(30-21(32)34-22(2,3)4)23(12-33-13)6-9-31(10-7-23)20-18(25)29-15(11-28-20)35-14-5-8-27-19(26)16(14)24;1-11-13(23-16(25)27-17(2,3)4)18(10-26-11)5-7-24(8-6-18)15-14(20)22-12(19)9-21-15;6-4-3(9)1-2-8-5(4)7;/h5,8,11,13,17H,6-7,9-10,12H2,1-4H3,(H2,26,27)(H,30,32);9,11,13H,5-8,10H2,1-4H3,(H,23,25);1-2H,(H3,7,8,9);1H/t13-,17+;11-,13+;;/m00../s1. The lowest BCUT2D eigenvalue weighted by molar-refractivity contribution is 0.0424. The Morgan fingerprint density at radius 1 is 0.792 bits per heavy atom. The second-order valence-corrected chi connectivity index (χ2v) is 23.6. The first-order valence-corrected chi connectivity index (χ1v) is 26.4. The minimum absolute atomic E-state index is 0. The van der Waals surface area contributed by atoms with Crippen molar-refractivity contribution in [3.05, 3.63) is 66.4 Å². The summed E-state index contributed by atoms with van der Waals surface area (Å²) in [5, 5.41) is 8.24. The number of nitrogen functional groups attached to an aromatic ring is 2. The molecule has 26 heteroatoms. The van der Waals surface area contributed by atoms with E-state index in [0.717, 1.165) is 56.8 Å². The van der Waals surface area contributed by atoms with Crippen molar-refractivity contribution >= 4 is 134 Å². The molecule has 4 saturated heterocycles. The molecule has 0 bridgehead atoms. The smallest absolute Gasteiger partial charge is 0.407 e. The summed E-state index contributed by atoms with van der Waals surface area (Å²) in [5.74, 6) is 2.01. The highest BCUT2D eigenvalue weighted by Crippen LogP contribution is 2.45. The van der Waals surface area contributed by atoms with Crippen molar-refractivity contribution in [3.8, 4) is 0 Å². The number of aromatic amines is 1. The van der Waals surface area contributed by atoms with Crippen LogP contribution in [0.25, 0.3) is 0 Å². The lowest BCUT2D eigenvalue weighted by Gasteiger charge is -2.43. The normalized spacial score (nSPS) is 21.1. The number of carbonyl (C=O) groups is 2. The van der Waals surface area contributed by atoms with Crippen LogP contribution in [0.3, 0.4) is 0 Å². The number of nitrogens with zero attached hydrogens (tertiary/aromatic N) is 7. The number of alkyl carbamates (subject to hydrolysis) is 2. The largest absolute Gasteiger partial charge is 0.444 e. The zero-order valence-corrected chi connectivity index (χ0v) is 48.3. The number of anilines is 4. The van der Waals surface area contributed by atoms with E-state index in [9.17, 15) is 9.59 Å². The fourth-order valence-electron chi connectivity index (χ4n) is 8.88. The van der Waals surface area contributed by atoms with Crippen molar-refractivity contribution in [2.75, 3.05) is 60.7 Å². The Morgan fingerprint density at radius 2 is 1.26 bits per heavy atom. The van der Waals surface area contributed by atoms with E-state index in [2.05, 4.69) is 66.3 Å². The number of carbonyl (C=O) groups excluding carboxylic acids is 2. The second kappa shape index (κ2) is 25.0. The van der Waals surface area contributed by atoms with Crippen LogP contribution in [-0.4, -0.2) is 117 Å². The first-order valence-electron chi connectivity index (χ1n) is 22.9. The van der Waals surface area contributed by atoms with Gasteiger partial charge in [-0.15, -0.1) is 12.4 Å². The number of ether oxygens (including phenoxy) is 4. The van der Waals surface area contributed by atoms with Crippen molar-refractivity contribution in [3.63, 3.8) is 0 Å². The number of piperidine rings is 2. The summed E-state index contributed by atoms with van der Waals surface area (Å²) in [6.07, 6.45) is 8.99. The van der Waals surface area contributed by atoms with E-state index in [1.165, 1.54) is 11.8 Å². The van der Waals surface area contributed by atoms with Gasteiger partial charge in [0.1, 0.15) is 32.5 Å². The third-order valence-electron chi connectivity index (χ3n) is 12.4. The first-order chi connectivity index (χ1) is 33.3. The third kappa shape index (κ3) is 15.4. The van der Waals surface area contributed by atoms with E-state index in [4.69, 9.17) is 89.0 Å². The fraction of sp³-hybridized carbons (Fsp3) is 0.565. The Hall–Kier alpha value is -3.38. The van der Waals surface area contributed by atoms with Crippen LogP contribution in [0.5, 0.6) is 0 Å². The molecule has 0 radical (unpaired) electrons. The summed E-state index contributed by atoms with van der Waals surface area (Å²) in [4.78, 5) is 54.2. The molecule has 0 saturated carbocycles. The number of hydrogen-bond donors (Lipinski definition) is 5. The molecular weight excluding hydrogens is 1140 g/mol. The van der Waals surface area contributed by atoms with Crippen LogP contribution >= 0.6 is 98.7 Å². The lowest BCUT2D eigenvalue weighted by Crippen LogP contribution is -2.55. The van der Waals surface area contributed by atoms with Gasteiger partial charge in [0.15, 0.2) is 21.9 Å². The number of nitrogens with one attached hydrogen (secondary N) is 3. The Morgan fingerprint density at radius 3 is 1.69 bits per heavy atom. The molecule has 4 atom stereocenters. The SMILES string of the molecule is C[C@@H]1OCC2(CCN(c3ncc(Br)nc3Cl)CC2)[C@@H]1NC(=O)OC(C)(C)C.C[C@@H]1OCC2(CCN(c3ncc(Sc4ccnc(N)c4Cl)nc3Cl)CC2)[C@@H]1NC(=O)OC(C)(C)C.Cl.Nc1[nH]ccc(=S)c1Cl. The van der Waals surface area contributed by atoms with Crippen LogP contribution in [0.15, 0.2) is 51.4 Å². The quantitative estimate of drug-likeness (QED) is 0.113. The van der Waals surface area contributed by atoms with Gasteiger partial charge in [-0.3, -0.25) is 0 Å². The van der Waals surface area contributed by atoms with Gasteiger partial charge in [0.25, 0.3) is 0 Å². The topological polar surface area (TPSA) is 234 Å². The van der Waals surface area contributed by atoms with Gasteiger partial charge in [-0.05, 0) is 109 Å². The Labute approximate surface area is 464 Å². The van der Waals surface area contributed by atoms with Crippen molar-refractivity contribution < 1.29 is 28.5 Å². The number of pyridine rings is 2.